The molecule has 0 bridgehead atoms. The Balaban J connectivity index is 1.38. The summed E-state index contributed by atoms with van der Waals surface area (Å²) in [6.45, 7) is 0.431. The van der Waals surface area contributed by atoms with Gasteiger partial charge in [-0.15, -0.1) is 0 Å². The van der Waals surface area contributed by atoms with E-state index < -0.39 is 0 Å². The summed E-state index contributed by atoms with van der Waals surface area (Å²) in [5, 5.41) is 7.32. The molecular weight excluding hydrogens is 320 g/mol. The van der Waals surface area contributed by atoms with Crippen molar-refractivity contribution in [2.75, 3.05) is 0 Å². The number of hydrogen-bond donors (Lipinski definition) is 1. The van der Waals surface area contributed by atoms with Crippen molar-refractivity contribution in [3.63, 3.8) is 0 Å². The van der Waals surface area contributed by atoms with Crippen LogP contribution in [-0.4, -0.2) is 26.1 Å². The summed E-state index contributed by atoms with van der Waals surface area (Å²) in [7, 11) is 0. The molecule has 0 aromatic carbocycles. The van der Waals surface area contributed by atoms with E-state index in [4.69, 9.17) is 4.42 Å². The number of furan rings is 1. The molecule has 0 unspecified atom stereocenters. The number of aromatic nitrogens is 3. The van der Waals surface area contributed by atoms with Crippen molar-refractivity contribution in [3.8, 4) is 0 Å². The SMILES string of the molecule is O=C(CCCn1ncn2c(cc3occc32)c1=O)NC1CCCCC1. The van der Waals surface area contributed by atoms with Crippen LogP contribution in [0.25, 0.3) is 16.6 Å². The molecule has 3 aromatic rings. The molecule has 0 aliphatic heterocycles. The van der Waals surface area contributed by atoms with Gasteiger partial charge in [0.25, 0.3) is 5.56 Å². The predicted molar refractivity (Wildman–Crippen MR) is 93.5 cm³/mol. The highest BCUT2D eigenvalue weighted by atomic mass is 16.3. The lowest BCUT2D eigenvalue weighted by molar-refractivity contribution is -0.122. The first-order valence-corrected chi connectivity index (χ1v) is 8.96. The van der Waals surface area contributed by atoms with Gasteiger partial charge >= 0.3 is 0 Å². The number of amides is 1. The zero-order chi connectivity index (χ0) is 17.2. The Kier molecular flexibility index (Phi) is 4.29. The maximum absolute atomic E-state index is 12.5. The van der Waals surface area contributed by atoms with E-state index in [9.17, 15) is 9.59 Å². The van der Waals surface area contributed by atoms with Gasteiger partial charge in [-0.3, -0.25) is 14.0 Å². The van der Waals surface area contributed by atoms with E-state index in [0.717, 1.165) is 18.4 Å². The highest BCUT2D eigenvalue weighted by molar-refractivity contribution is 5.81. The second kappa shape index (κ2) is 6.74. The molecule has 25 heavy (non-hydrogen) atoms. The lowest BCUT2D eigenvalue weighted by atomic mass is 9.95. The Labute approximate surface area is 144 Å². The summed E-state index contributed by atoms with van der Waals surface area (Å²) in [5.74, 6) is 0.0706. The molecule has 0 spiro atoms. The van der Waals surface area contributed by atoms with Crippen LogP contribution in [0, 0.1) is 0 Å². The highest BCUT2D eigenvalue weighted by Crippen LogP contribution is 2.19. The molecule has 132 valence electrons. The minimum Gasteiger partial charge on any atom is -0.463 e. The Morgan fingerprint density at radius 2 is 2.12 bits per heavy atom. The maximum Gasteiger partial charge on any atom is 0.291 e. The molecule has 1 N–H and O–H groups in total. The summed E-state index contributed by atoms with van der Waals surface area (Å²) in [5.41, 5.74) is 1.87. The predicted octanol–water partition coefficient (Wildman–Crippen LogP) is 2.47. The van der Waals surface area contributed by atoms with Crippen molar-refractivity contribution < 1.29 is 9.21 Å². The molecule has 4 rings (SSSR count). The van der Waals surface area contributed by atoms with E-state index in [2.05, 4.69) is 10.4 Å². The van der Waals surface area contributed by atoms with Crippen molar-refractivity contribution in [1.29, 1.82) is 0 Å². The molecule has 1 aliphatic carbocycles. The molecule has 0 atom stereocenters. The molecule has 0 radical (unpaired) electrons. The number of nitrogens with one attached hydrogen (secondary N) is 1. The smallest absolute Gasteiger partial charge is 0.291 e. The zero-order valence-electron chi connectivity index (χ0n) is 14.1. The van der Waals surface area contributed by atoms with Crippen molar-refractivity contribution in [2.24, 2.45) is 0 Å². The molecule has 1 aliphatic rings. The van der Waals surface area contributed by atoms with Crippen LogP contribution in [0.5, 0.6) is 0 Å². The average Bonchev–Trinajstić information content (AvgIpc) is 3.19. The second-order valence-electron chi connectivity index (χ2n) is 6.73. The van der Waals surface area contributed by atoms with E-state index in [1.54, 1.807) is 23.1 Å². The van der Waals surface area contributed by atoms with Crippen LogP contribution in [-0.2, 0) is 11.3 Å². The van der Waals surface area contributed by atoms with Gasteiger partial charge in [-0.1, -0.05) is 19.3 Å². The van der Waals surface area contributed by atoms with Gasteiger partial charge in [0.05, 0.1) is 11.8 Å². The van der Waals surface area contributed by atoms with Gasteiger partial charge in [-0.2, -0.15) is 5.10 Å². The lowest BCUT2D eigenvalue weighted by Crippen LogP contribution is -2.36. The lowest BCUT2D eigenvalue weighted by Gasteiger charge is -2.22. The zero-order valence-corrected chi connectivity index (χ0v) is 14.1. The number of carbonyl (C=O) groups excluding carboxylic acids is 1. The fourth-order valence-electron chi connectivity index (χ4n) is 3.63. The van der Waals surface area contributed by atoms with Crippen molar-refractivity contribution in [2.45, 2.75) is 57.5 Å². The third kappa shape index (κ3) is 3.18. The molecule has 1 saturated carbocycles. The summed E-state index contributed by atoms with van der Waals surface area (Å²) in [6.07, 6.45) is 10.1. The number of rotatable bonds is 5. The first-order valence-electron chi connectivity index (χ1n) is 8.96. The first-order chi connectivity index (χ1) is 12.2. The summed E-state index contributed by atoms with van der Waals surface area (Å²) in [6, 6.07) is 3.87. The monoisotopic (exact) mass is 342 g/mol. The quantitative estimate of drug-likeness (QED) is 0.772. The van der Waals surface area contributed by atoms with Gasteiger partial charge in [0, 0.05) is 31.1 Å². The summed E-state index contributed by atoms with van der Waals surface area (Å²) < 4.78 is 8.48. The maximum atomic E-state index is 12.5. The number of nitrogens with zero attached hydrogens (tertiary/aromatic N) is 3. The summed E-state index contributed by atoms with van der Waals surface area (Å²) >= 11 is 0. The topological polar surface area (TPSA) is 81.5 Å². The van der Waals surface area contributed by atoms with Crippen LogP contribution in [0.3, 0.4) is 0 Å². The Hall–Kier alpha value is -2.57. The van der Waals surface area contributed by atoms with E-state index in [1.165, 1.54) is 23.9 Å². The highest BCUT2D eigenvalue weighted by Gasteiger charge is 2.15. The van der Waals surface area contributed by atoms with E-state index in [0.29, 0.717) is 36.5 Å². The molecule has 7 nitrogen and oxygen atoms in total. The Bertz CT molecular complexity index is 946. The van der Waals surface area contributed by atoms with Gasteiger partial charge in [-0.05, 0) is 19.3 Å². The van der Waals surface area contributed by atoms with Gasteiger partial charge in [0.1, 0.15) is 11.8 Å². The molecule has 1 amide bonds. The van der Waals surface area contributed by atoms with E-state index in [1.807, 2.05) is 6.07 Å². The second-order valence-corrected chi connectivity index (χ2v) is 6.73. The number of hydrogen-bond acceptors (Lipinski definition) is 4. The van der Waals surface area contributed by atoms with Gasteiger partial charge < -0.3 is 9.73 Å². The molecule has 1 fully saturated rings. The van der Waals surface area contributed by atoms with Crippen LogP contribution in [0.1, 0.15) is 44.9 Å². The number of carbonyl (C=O) groups is 1. The number of aryl methyl sites for hydroxylation is 1. The fraction of sp³-hybridized carbons (Fsp3) is 0.500. The minimum atomic E-state index is -0.165. The van der Waals surface area contributed by atoms with Gasteiger partial charge in [-0.25, -0.2) is 4.68 Å². The van der Waals surface area contributed by atoms with Crippen LogP contribution in [0.2, 0.25) is 0 Å². The van der Waals surface area contributed by atoms with Crippen molar-refractivity contribution >= 4 is 22.5 Å². The molecule has 0 saturated heterocycles. The third-order valence-electron chi connectivity index (χ3n) is 4.96. The van der Waals surface area contributed by atoms with Crippen LogP contribution >= 0.6 is 0 Å². The Morgan fingerprint density at radius 3 is 2.96 bits per heavy atom. The molecule has 7 heteroatoms. The van der Waals surface area contributed by atoms with E-state index >= 15 is 0 Å². The molecular formula is C18H22N4O3. The van der Waals surface area contributed by atoms with Crippen LogP contribution in [0.15, 0.2) is 33.9 Å². The van der Waals surface area contributed by atoms with Gasteiger partial charge in [0.15, 0.2) is 5.58 Å². The summed E-state index contributed by atoms with van der Waals surface area (Å²) in [4.78, 5) is 24.6. The molecule has 3 aromatic heterocycles. The molecule has 3 heterocycles. The Morgan fingerprint density at radius 1 is 1.28 bits per heavy atom. The number of fused-ring (bicyclic) bond motifs is 3. The first kappa shape index (κ1) is 15.9. The van der Waals surface area contributed by atoms with Crippen molar-refractivity contribution in [3.05, 3.63) is 35.1 Å². The fourth-order valence-corrected chi connectivity index (χ4v) is 3.63. The van der Waals surface area contributed by atoms with Crippen LogP contribution < -0.4 is 10.9 Å². The largest absolute Gasteiger partial charge is 0.463 e. The average molecular weight is 342 g/mol. The van der Waals surface area contributed by atoms with Gasteiger partial charge in [0.2, 0.25) is 5.91 Å². The van der Waals surface area contributed by atoms with Crippen LogP contribution in [0.4, 0.5) is 0 Å². The normalized spacial score (nSPS) is 15.8. The van der Waals surface area contributed by atoms with Crippen molar-refractivity contribution in [1.82, 2.24) is 19.5 Å². The third-order valence-corrected chi connectivity index (χ3v) is 4.96. The minimum absolute atomic E-state index is 0.0706. The van der Waals surface area contributed by atoms with E-state index in [-0.39, 0.29) is 11.5 Å². The standard InChI is InChI=1S/C18H22N4O3/c23-17(20-13-5-2-1-3-6-13)7-4-9-22-18(24)15-11-16-14(8-10-25-16)21(15)12-19-22/h8,10-13H,1-7,9H2,(H,20,23).